The van der Waals surface area contributed by atoms with Gasteiger partial charge in [0.2, 0.25) is 0 Å². The summed E-state index contributed by atoms with van der Waals surface area (Å²) in [6.07, 6.45) is 15.7. The van der Waals surface area contributed by atoms with Crippen LogP contribution in [-0.4, -0.2) is 52.8 Å². The van der Waals surface area contributed by atoms with Gasteiger partial charge < -0.3 is 4.98 Å². The molecule has 1 aliphatic heterocycles. The van der Waals surface area contributed by atoms with Gasteiger partial charge in [-0.05, 0) is 86.4 Å². The van der Waals surface area contributed by atoms with Crippen molar-refractivity contribution in [2.24, 2.45) is 28.6 Å². The number of imide groups is 1. The van der Waals surface area contributed by atoms with Crippen LogP contribution in [0.4, 0.5) is 0 Å². The molecule has 2 amide bonds. The average Bonchev–Trinajstić information content (AvgIpc) is 3.49. The highest BCUT2D eigenvalue weighted by atomic mass is 32.3. The molecule has 0 unspecified atom stereocenters. The quantitative estimate of drug-likeness (QED) is 0.182. The first kappa shape index (κ1) is 30.7. The second-order valence-corrected chi connectivity index (χ2v) is 14.0. The van der Waals surface area contributed by atoms with E-state index >= 15 is 0 Å². The molecule has 0 bridgehead atoms. The number of allylic oxidation sites excluding steroid dienone is 2. The lowest BCUT2D eigenvalue weighted by Crippen LogP contribution is -2.43. The maximum absolute atomic E-state index is 12.9. The second kappa shape index (κ2) is 12.3. The number of H-pyrrole nitrogens is 1. The molecule has 2 aliphatic carbocycles. The Bertz CT molecular complexity index is 1240. The van der Waals surface area contributed by atoms with Crippen molar-refractivity contribution >= 4 is 22.2 Å². The molecule has 4 rings (SSSR count). The Hall–Kier alpha value is -2.30. The lowest BCUT2D eigenvalue weighted by atomic mass is 9.52. The van der Waals surface area contributed by atoms with Gasteiger partial charge in [0.05, 0.1) is 12.9 Å². The zero-order chi connectivity index (χ0) is 29.1. The number of hydrogen-bond donors (Lipinski definition) is 2. The first-order chi connectivity index (χ1) is 18.8. The molecule has 0 spiro atoms. The van der Waals surface area contributed by atoms with Crippen molar-refractivity contribution in [2.45, 2.75) is 91.9 Å². The number of nitrogens with one attached hydrogen (secondary N) is 1. The first-order valence-electron chi connectivity index (χ1n) is 14.7. The van der Waals surface area contributed by atoms with Crippen molar-refractivity contribution in [3.8, 4) is 0 Å². The Labute approximate surface area is 238 Å². The van der Waals surface area contributed by atoms with Crippen LogP contribution in [0.1, 0.15) is 91.2 Å². The van der Waals surface area contributed by atoms with Crippen LogP contribution in [-0.2, 0) is 30.6 Å². The van der Waals surface area contributed by atoms with Gasteiger partial charge in [0, 0.05) is 36.5 Å². The third-order valence-corrected chi connectivity index (χ3v) is 10.4. The van der Waals surface area contributed by atoms with E-state index < -0.39 is 10.4 Å². The summed E-state index contributed by atoms with van der Waals surface area (Å²) in [5.41, 5.74) is 3.21. The van der Waals surface area contributed by atoms with Gasteiger partial charge in [0.15, 0.2) is 0 Å². The van der Waals surface area contributed by atoms with E-state index in [1.807, 2.05) is 0 Å². The van der Waals surface area contributed by atoms with E-state index in [-0.39, 0.29) is 41.7 Å². The molecule has 4 atom stereocenters. The molecule has 2 N–H and O–H groups in total. The van der Waals surface area contributed by atoms with Crippen molar-refractivity contribution in [3.05, 3.63) is 41.5 Å². The van der Waals surface area contributed by atoms with Crippen LogP contribution < -0.4 is 0 Å². The van der Waals surface area contributed by atoms with Crippen molar-refractivity contribution in [1.29, 1.82) is 0 Å². The third kappa shape index (κ3) is 7.12. The third-order valence-electron chi connectivity index (χ3n) is 9.93. The van der Waals surface area contributed by atoms with Gasteiger partial charge in [-0.1, -0.05) is 39.3 Å². The summed E-state index contributed by atoms with van der Waals surface area (Å²) < 4.78 is 36.8. The van der Waals surface area contributed by atoms with E-state index in [0.717, 1.165) is 25.0 Å². The number of amides is 2. The predicted octanol–water partition coefficient (Wildman–Crippen LogP) is 5.43. The largest absolute Gasteiger partial charge is 0.397 e. The molecule has 0 saturated heterocycles. The Morgan fingerprint density at radius 2 is 1.98 bits per heavy atom. The summed E-state index contributed by atoms with van der Waals surface area (Å²) in [6, 6.07) is 0. The fraction of sp³-hybridized carbons (Fsp3) is 0.700. The summed E-state index contributed by atoms with van der Waals surface area (Å²) in [5, 5.41) is 0. The molecule has 1 aromatic rings. The summed E-state index contributed by atoms with van der Waals surface area (Å²) >= 11 is 0. The Morgan fingerprint density at radius 1 is 1.20 bits per heavy atom. The summed E-state index contributed by atoms with van der Waals surface area (Å²) in [6.45, 7) is 9.64. The minimum Gasteiger partial charge on any atom is -0.348 e. The zero-order valence-corrected chi connectivity index (χ0v) is 25.1. The van der Waals surface area contributed by atoms with Gasteiger partial charge in [0.1, 0.15) is 0 Å². The molecule has 1 aromatic heterocycles. The van der Waals surface area contributed by atoms with E-state index in [1.165, 1.54) is 30.2 Å². The standard InChI is InChI=1S/C30H45N3O6S/c1-21-10-11-25-26(9-6-14-29(25,2)3)30(21,4)15-12-22(19-39-40(36,37)38)7-5-8-23-17-27(34)33(28(23)35)16-13-24-18-31-20-32-24/h9,17-18,20-22,25H,5-8,10-16,19H2,1-4H3,(H,31,32)(H,36,37,38)/t21-,22-,25-,30-/m0/s1. The fourth-order valence-corrected chi connectivity index (χ4v) is 7.47. The normalized spacial score (nSPS) is 27.4. The zero-order valence-electron chi connectivity index (χ0n) is 24.3. The van der Waals surface area contributed by atoms with Gasteiger partial charge >= 0.3 is 10.4 Å². The molecular weight excluding hydrogens is 530 g/mol. The minimum atomic E-state index is -4.55. The van der Waals surface area contributed by atoms with Gasteiger partial charge in [-0.25, -0.2) is 9.17 Å². The van der Waals surface area contributed by atoms with Crippen LogP contribution in [0.25, 0.3) is 0 Å². The molecule has 10 heteroatoms. The number of carbonyl (C=O) groups excluding carboxylic acids is 2. The highest BCUT2D eigenvalue weighted by molar-refractivity contribution is 7.80. The number of nitrogens with zero attached hydrogens (tertiary/aromatic N) is 2. The Morgan fingerprint density at radius 3 is 2.67 bits per heavy atom. The Kier molecular flexibility index (Phi) is 9.42. The fourth-order valence-electron chi connectivity index (χ4n) is 7.11. The van der Waals surface area contributed by atoms with Gasteiger partial charge in [-0.15, -0.1) is 0 Å². The monoisotopic (exact) mass is 575 g/mol. The van der Waals surface area contributed by atoms with Crippen molar-refractivity contribution in [2.75, 3.05) is 13.2 Å². The number of aromatic nitrogens is 2. The van der Waals surface area contributed by atoms with E-state index in [2.05, 4.69) is 43.7 Å². The maximum Gasteiger partial charge on any atom is 0.397 e. The van der Waals surface area contributed by atoms with E-state index in [1.54, 1.807) is 18.1 Å². The summed E-state index contributed by atoms with van der Waals surface area (Å²) in [4.78, 5) is 33.5. The predicted molar refractivity (Wildman–Crippen MR) is 152 cm³/mol. The molecule has 3 aliphatic rings. The van der Waals surface area contributed by atoms with E-state index in [9.17, 15) is 22.6 Å². The number of carbonyl (C=O) groups is 2. The molecule has 222 valence electrons. The highest BCUT2D eigenvalue weighted by Crippen LogP contribution is 2.58. The van der Waals surface area contributed by atoms with Gasteiger partial charge in [-0.2, -0.15) is 8.42 Å². The average molecular weight is 576 g/mol. The molecular formula is C30H45N3O6S. The summed E-state index contributed by atoms with van der Waals surface area (Å²) in [5.74, 6) is 0.420. The van der Waals surface area contributed by atoms with Gasteiger partial charge in [0.25, 0.3) is 11.8 Å². The lowest BCUT2D eigenvalue weighted by molar-refractivity contribution is -0.137. The van der Waals surface area contributed by atoms with Crippen LogP contribution >= 0.6 is 0 Å². The van der Waals surface area contributed by atoms with Crippen molar-refractivity contribution < 1.29 is 26.7 Å². The molecule has 0 aromatic carbocycles. The number of rotatable bonds is 13. The molecule has 1 fully saturated rings. The van der Waals surface area contributed by atoms with E-state index in [4.69, 9.17) is 4.18 Å². The topological polar surface area (TPSA) is 130 Å². The molecule has 0 radical (unpaired) electrons. The number of imidazole rings is 1. The van der Waals surface area contributed by atoms with Crippen LogP contribution in [0.15, 0.2) is 35.8 Å². The molecule has 40 heavy (non-hydrogen) atoms. The Balaban J connectivity index is 1.36. The second-order valence-electron chi connectivity index (χ2n) is 12.9. The number of fused-ring (bicyclic) bond motifs is 1. The maximum atomic E-state index is 12.9. The SMILES string of the molecule is C[C@H]1CC[C@H]2C(=CCCC2(C)C)[C@@]1(C)CC[C@H](CCCC1=CC(=O)N(CCc2cnc[nH]2)C1=O)COS(=O)(=O)O. The number of aromatic amines is 1. The van der Waals surface area contributed by atoms with Crippen molar-refractivity contribution in [1.82, 2.24) is 14.9 Å². The van der Waals surface area contributed by atoms with E-state index in [0.29, 0.717) is 43.1 Å². The minimum absolute atomic E-state index is 0.0302. The molecule has 9 nitrogen and oxygen atoms in total. The molecule has 2 heterocycles. The molecule has 1 saturated carbocycles. The highest BCUT2D eigenvalue weighted by Gasteiger charge is 2.47. The summed E-state index contributed by atoms with van der Waals surface area (Å²) in [7, 11) is -4.55. The smallest absolute Gasteiger partial charge is 0.348 e. The first-order valence-corrected chi connectivity index (χ1v) is 16.0. The van der Waals surface area contributed by atoms with Crippen LogP contribution in [0, 0.1) is 28.6 Å². The van der Waals surface area contributed by atoms with Crippen molar-refractivity contribution in [3.63, 3.8) is 0 Å². The van der Waals surface area contributed by atoms with Gasteiger partial charge in [-0.3, -0.25) is 19.0 Å². The van der Waals surface area contributed by atoms with Crippen LogP contribution in [0.3, 0.4) is 0 Å². The van der Waals surface area contributed by atoms with Crippen LogP contribution in [0.2, 0.25) is 0 Å². The van der Waals surface area contributed by atoms with Crippen LogP contribution in [0.5, 0.6) is 0 Å². The number of hydrogen-bond acceptors (Lipinski definition) is 6. The lowest BCUT2D eigenvalue weighted by Gasteiger charge is -2.53.